The van der Waals surface area contributed by atoms with E-state index in [-0.39, 0.29) is 8.41 Å². The van der Waals surface area contributed by atoms with Crippen molar-refractivity contribution < 1.29 is 0 Å². The Morgan fingerprint density at radius 2 is 0.635 bits per heavy atom. The van der Waals surface area contributed by atoms with Gasteiger partial charge in [0.25, 0.3) is 0 Å². The maximum Gasteiger partial charge on any atom is 0.0934 e. The first-order valence-electron chi connectivity index (χ1n) is 24.4. The van der Waals surface area contributed by atoms with Crippen LogP contribution in [-0.2, 0) is 0 Å². The van der Waals surface area contributed by atoms with Crippen LogP contribution in [0.25, 0.3) is 106 Å². The molecule has 1 N–H and O–H groups in total. The van der Waals surface area contributed by atoms with Crippen molar-refractivity contribution in [1.82, 2.24) is 29.1 Å². The summed E-state index contributed by atoms with van der Waals surface area (Å²) in [5.41, 5.74) is 16.6. The van der Waals surface area contributed by atoms with Gasteiger partial charge in [0, 0.05) is 65.0 Å². The highest BCUT2D eigenvalue weighted by Crippen LogP contribution is 2.34. The predicted molar refractivity (Wildman–Crippen MR) is 318 cm³/mol. The van der Waals surface area contributed by atoms with Crippen LogP contribution < -0.4 is 0 Å². The molecule has 74 heavy (non-hydrogen) atoms. The van der Waals surface area contributed by atoms with Crippen LogP contribution >= 0.6 is 15.9 Å². The van der Waals surface area contributed by atoms with Crippen molar-refractivity contribution in [1.29, 1.82) is 0 Å². The Balaban J connectivity index is 0.000000132. The van der Waals surface area contributed by atoms with Gasteiger partial charge in [-0.05, 0) is 84.9 Å². The average molecular weight is 1020 g/mol. The van der Waals surface area contributed by atoms with Crippen molar-refractivity contribution in [2.45, 2.75) is 0 Å². The molecule has 4 aromatic heterocycles. The molecule has 0 amide bonds. The van der Waals surface area contributed by atoms with Gasteiger partial charge < -0.3 is 9.55 Å². The minimum atomic E-state index is 0. The smallest absolute Gasteiger partial charge is 0.0934 e. The molecule has 14 rings (SSSR count). The van der Waals surface area contributed by atoms with Crippen molar-refractivity contribution >= 4 is 68.0 Å². The second-order valence-electron chi connectivity index (χ2n) is 17.7. The van der Waals surface area contributed by atoms with E-state index in [1.165, 1.54) is 43.6 Å². The monoisotopic (exact) mass is 1020 g/mol. The van der Waals surface area contributed by atoms with Crippen LogP contribution in [0.3, 0.4) is 0 Å². The van der Waals surface area contributed by atoms with Gasteiger partial charge >= 0.3 is 0 Å². The summed E-state index contributed by atoms with van der Waals surface area (Å²) >= 11 is 3.49. The number of nitrogens with zero attached hydrogens (tertiary/aromatic N) is 5. The summed E-state index contributed by atoms with van der Waals surface area (Å²) in [6.07, 6.45) is 0. The van der Waals surface area contributed by atoms with Crippen LogP contribution in [0.4, 0.5) is 0 Å². The highest BCUT2D eigenvalue weighted by Gasteiger charge is 2.16. The van der Waals surface area contributed by atoms with E-state index in [4.69, 9.17) is 10.2 Å². The summed E-state index contributed by atoms with van der Waals surface area (Å²) < 4.78 is 7.45. The number of rotatable bonds is 7. The molecule has 0 atom stereocenters. The summed E-state index contributed by atoms with van der Waals surface area (Å²) in [5.74, 6) is 0. The van der Waals surface area contributed by atoms with Crippen molar-refractivity contribution in [2.75, 3.05) is 0 Å². The molecule has 0 radical (unpaired) electrons. The molecule has 0 saturated carbocycles. The Kier molecular flexibility index (Phi) is 13.5. The van der Waals surface area contributed by atoms with E-state index in [2.05, 4.69) is 256 Å². The van der Waals surface area contributed by atoms with Crippen molar-refractivity contribution in [3.05, 3.63) is 284 Å². The van der Waals surface area contributed by atoms with Crippen LogP contribution in [0.2, 0.25) is 0 Å². The van der Waals surface area contributed by atoms with E-state index in [9.17, 15) is 0 Å². The third kappa shape index (κ3) is 9.50. The Hall–Kier alpha value is -9.24. The van der Waals surface area contributed by atoms with E-state index in [1.54, 1.807) is 0 Å². The van der Waals surface area contributed by atoms with Crippen LogP contribution in [-0.4, -0.2) is 37.5 Å². The molecule has 8 heteroatoms. The minimum absolute atomic E-state index is 0. The van der Waals surface area contributed by atoms with Gasteiger partial charge in [0.15, 0.2) is 0 Å². The molecule has 0 bridgehead atoms. The Morgan fingerprint density at radius 1 is 0.311 bits per heavy atom. The first-order valence-corrected chi connectivity index (χ1v) is 25.1. The van der Waals surface area contributed by atoms with Gasteiger partial charge in [-0.3, -0.25) is 0 Å². The third-order valence-corrected chi connectivity index (χ3v) is 13.6. The van der Waals surface area contributed by atoms with E-state index < -0.39 is 0 Å². The lowest BCUT2D eigenvalue weighted by molar-refractivity contribution is 0.891. The van der Waals surface area contributed by atoms with Crippen LogP contribution in [0, 0.1) is 0 Å². The lowest BCUT2D eigenvalue weighted by Gasteiger charge is -2.11. The van der Waals surface area contributed by atoms with Gasteiger partial charge in [-0.2, -0.15) is 10.2 Å². The van der Waals surface area contributed by atoms with Crippen LogP contribution in [0.15, 0.2) is 284 Å². The molecule has 14 aromatic rings. The molecule has 0 aliphatic heterocycles. The zero-order valence-electron chi connectivity index (χ0n) is 39.7. The molecular formula is C66H51BBrN6-. The van der Waals surface area contributed by atoms with Gasteiger partial charge in [0.1, 0.15) is 0 Å². The highest BCUT2D eigenvalue weighted by atomic mass is 79.9. The number of benzene rings is 10. The third-order valence-electron chi connectivity index (χ3n) is 13.1. The maximum atomic E-state index is 5.03. The summed E-state index contributed by atoms with van der Waals surface area (Å²) in [5, 5.41) is 15.0. The van der Waals surface area contributed by atoms with Crippen molar-refractivity contribution in [2.24, 2.45) is 0 Å². The molecule has 356 valence electrons. The molecule has 0 fully saturated rings. The topological polar surface area (TPSA) is 56.4 Å². The number of hydrogen-bond acceptors (Lipinski definition) is 2. The van der Waals surface area contributed by atoms with E-state index in [0.29, 0.717) is 0 Å². The van der Waals surface area contributed by atoms with Crippen LogP contribution in [0.1, 0.15) is 0 Å². The standard InChI is InChI=1S/C33H23N3.C21H15BrN2.C12H9N.BH4/c1-3-11-24(12-4-1)30-23-33(25-13-5-2-6-14-25)36(34-30)27-21-19-26(20-22-27)35-31-17-9-7-15-28(31)29-16-8-10-18-32(29)35;22-18-11-13-19(14-12-18)24-21(17-9-5-2-6-10-17)15-20(23-24)16-7-3-1-4-8-16;1-3-7-11-9(5-1)10-6-2-4-8-12(10)13-11;/h1-23H;1-15H;1-8,13H;1H4/q;;;-1. The maximum absolute atomic E-state index is 5.03. The zero-order valence-corrected chi connectivity index (χ0v) is 41.3. The Bertz CT molecular complexity index is 4020. The highest BCUT2D eigenvalue weighted by molar-refractivity contribution is 9.10. The second kappa shape index (κ2) is 21.2. The van der Waals surface area contributed by atoms with E-state index in [1.807, 2.05) is 57.9 Å². The molecule has 4 heterocycles. The van der Waals surface area contributed by atoms with Gasteiger partial charge in [-0.1, -0.05) is 218 Å². The summed E-state index contributed by atoms with van der Waals surface area (Å²) in [6, 6.07) is 96.6. The number of aromatic nitrogens is 6. The minimum Gasteiger partial charge on any atom is -0.355 e. The molecule has 0 saturated heterocycles. The number of halogens is 1. The molecule has 0 aliphatic rings. The first-order chi connectivity index (χ1) is 36.1. The molecule has 0 spiro atoms. The largest absolute Gasteiger partial charge is 0.355 e. The van der Waals surface area contributed by atoms with Gasteiger partial charge in [-0.25, -0.2) is 9.36 Å². The Labute approximate surface area is 440 Å². The molecule has 0 unspecified atom stereocenters. The lowest BCUT2D eigenvalue weighted by atomic mass is 10.1. The molecule has 0 aliphatic carbocycles. The van der Waals surface area contributed by atoms with Gasteiger partial charge in [0.05, 0.1) is 45.2 Å². The van der Waals surface area contributed by atoms with E-state index in [0.717, 1.165) is 66.6 Å². The number of nitrogens with one attached hydrogen (secondary N) is 1. The number of aromatic amines is 1. The normalized spacial score (nSPS) is 10.9. The van der Waals surface area contributed by atoms with Gasteiger partial charge in [0.2, 0.25) is 0 Å². The number of fused-ring (bicyclic) bond motifs is 6. The van der Waals surface area contributed by atoms with Crippen molar-refractivity contribution in [3.63, 3.8) is 0 Å². The summed E-state index contributed by atoms with van der Waals surface area (Å²) in [6.45, 7) is 0. The first kappa shape index (κ1) is 47.1. The SMILES string of the molecule is Brc1ccc(-n2nc(-c3ccccc3)cc2-c2ccccc2)cc1.[BH4-].c1ccc(-c2cc(-c3ccccc3)n(-c3ccc(-n4c5ccccc5c5ccccc54)cc3)n2)cc1.c1ccc2c(c1)[nH]c1ccccc12. The summed E-state index contributed by atoms with van der Waals surface area (Å²) in [7, 11) is 0. The average Bonchev–Trinajstić information content (AvgIpc) is 4.28. The van der Waals surface area contributed by atoms with Crippen molar-refractivity contribution in [3.8, 4) is 62.1 Å². The summed E-state index contributed by atoms with van der Waals surface area (Å²) in [4.78, 5) is 3.38. The molecule has 6 nitrogen and oxygen atoms in total. The molecule has 10 aromatic carbocycles. The van der Waals surface area contributed by atoms with Crippen LogP contribution in [0.5, 0.6) is 0 Å². The number of para-hydroxylation sites is 4. The number of H-pyrrole nitrogens is 1. The lowest BCUT2D eigenvalue weighted by Crippen LogP contribution is -2.00. The fraction of sp³-hybridized carbons (Fsp3) is 0. The molecular weight excluding hydrogens is 967 g/mol. The van der Waals surface area contributed by atoms with E-state index >= 15 is 0 Å². The predicted octanol–water partition coefficient (Wildman–Crippen LogP) is 16.1. The fourth-order valence-corrected chi connectivity index (χ4v) is 9.87. The Morgan fingerprint density at radius 3 is 1.05 bits per heavy atom. The quantitative estimate of drug-likeness (QED) is 0.162. The zero-order chi connectivity index (χ0) is 48.9. The fourth-order valence-electron chi connectivity index (χ4n) is 9.61. The second-order valence-corrected chi connectivity index (χ2v) is 18.6. The van der Waals surface area contributed by atoms with Gasteiger partial charge in [-0.15, -0.1) is 0 Å². The number of hydrogen-bond donors (Lipinski definition) is 1.